The lowest BCUT2D eigenvalue weighted by molar-refractivity contribution is 0.707. The molecule has 5 heteroatoms. The Hall–Kier alpha value is -2.35. The summed E-state index contributed by atoms with van der Waals surface area (Å²) in [6.45, 7) is 3.75. The van der Waals surface area contributed by atoms with Crippen LogP contribution < -0.4 is 4.90 Å². The number of aryl methyl sites for hydroxylation is 1. The normalized spacial score (nSPS) is 14.0. The summed E-state index contributed by atoms with van der Waals surface area (Å²) in [5.74, 6) is 0.777. The largest absolute Gasteiger partial charge is 0.351 e. The number of nitrogens with zero attached hydrogens (tertiary/aromatic N) is 4. The molecule has 0 fully saturated rings. The van der Waals surface area contributed by atoms with Gasteiger partial charge in [-0.1, -0.05) is 6.92 Å². The van der Waals surface area contributed by atoms with Crippen LogP contribution in [0.4, 0.5) is 5.82 Å². The van der Waals surface area contributed by atoms with Crippen molar-refractivity contribution < 1.29 is 0 Å². The lowest BCUT2D eigenvalue weighted by Crippen LogP contribution is -2.31. The highest BCUT2D eigenvalue weighted by Gasteiger charge is 2.23. The molecule has 19 heavy (non-hydrogen) atoms. The Morgan fingerprint density at radius 1 is 1.53 bits per heavy atom. The SMILES string of the molecule is CCc1n[nH]c2c1CN(c1ncccc1C#N)CC2. The van der Waals surface area contributed by atoms with Gasteiger partial charge in [0.25, 0.3) is 0 Å². The van der Waals surface area contributed by atoms with E-state index in [0.717, 1.165) is 37.4 Å². The van der Waals surface area contributed by atoms with Crippen LogP contribution >= 0.6 is 0 Å². The Balaban J connectivity index is 1.95. The Morgan fingerprint density at radius 3 is 3.21 bits per heavy atom. The monoisotopic (exact) mass is 253 g/mol. The average Bonchev–Trinajstić information content (AvgIpc) is 2.89. The third-order valence-corrected chi connectivity index (χ3v) is 3.56. The van der Waals surface area contributed by atoms with Gasteiger partial charge < -0.3 is 4.90 Å². The number of H-pyrrole nitrogens is 1. The summed E-state index contributed by atoms with van der Waals surface area (Å²) in [5, 5.41) is 16.6. The van der Waals surface area contributed by atoms with Gasteiger partial charge in [0.15, 0.2) is 0 Å². The zero-order valence-corrected chi connectivity index (χ0v) is 10.8. The molecule has 0 spiro atoms. The van der Waals surface area contributed by atoms with E-state index in [2.05, 4.69) is 33.1 Å². The van der Waals surface area contributed by atoms with Crippen molar-refractivity contribution in [2.24, 2.45) is 0 Å². The average molecular weight is 253 g/mol. The molecule has 2 aromatic heterocycles. The Bertz CT molecular complexity index is 624. The van der Waals surface area contributed by atoms with Crippen molar-refractivity contribution in [2.45, 2.75) is 26.3 Å². The minimum Gasteiger partial charge on any atom is -0.351 e. The molecule has 2 aromatic rings. The molecule has 1 N–H and O–H groups in total. The van der Waals surface area contributed by atoms with Crippen molar-refractivity contribution in [3.63, 3.8) is 0 Å². The first-order valence-electron chi connectivity index (χ1n) is 6.48. The second kappa shape index (κ2) is 4.73. The number of hydrogen-bond donors (Lipinski definition) is 1. The summed E-state index contributed by atoms with van der Waals surface area (Å²) in [4.78, 5) is 6.52. The molecule has 3 heterocycles. The first kappa shape index (κ1) is 11.7. The molecule has 1 aliphatic rings. The van der Waals surface area contributed by atoms with Gasteiger partial charge in [-0.05, 0) is 18.6 Å². The predicted octanol–water partition coefficient (Wildman–Crippen LogP) is 1.80. The molecule has 3 rings (SSSR count). The molecular formula is C14H15N5. The lowest BCUT2D eigenvalue weighted by Gasteiger charge is -2.28. The molecule has 96 valence electrons. The Kier molecular flexibility index (Phi) is 2.92. The van der Waals surface area contributed by atoms with Crippen molar-refractivity contribution in [1.82, 2.24) is 15.2 Å². The maximum absolute atomic E-state index is 9.17. The minimum atomic E-state index is 0.632. The van der Waals surface area contributed by atoms with E-state index in [1.54, 1.807) is 12.3 Å². The smallest absolute Gasteiger partial charge is 0.146 e. The molecule has 0 aromatic carbocycles. The quantitative estimate of drug-likeness (QED) is 0.886. The third kappa shape index (κ3) is 1.95. The maximum atomic E-state index is 9.17. The maximum Gasteiger partial charge on any atom is 0.146 e. The Labute approximate surface area is 111 Å². The van der Waals surface area contributed by atoms with Gasteiger partial charge in [-0.3, -0.25) is 5.10 Å². The van der Waals surface area contributed by atoms with E-state index in [-0.39, 0.29) is 0 Å². The molecular weight excluding hydrogens is 238 g/mol. The topological polar surface area (TPSA) is 68.6 Å². The third-order valence-electron chi connectivity index (χ3n) is 3.56. The fraction of sp³-hybridized carbons (Fsp3) is 0.357. The molecule has 0 bridgehead atoms. The van der Waals surface area contributed by atoms with Gasteiger partial charge in [-0.15, -0.1) is 0 Å². The van der Waals surface area contributed by atoms with Crippen LogP contribution in [0.5, 0.6) is 0 Å². The van der Waals surface area contributed by atoms with E-state index in [0.29, 0.717) is 5.56 Å². The fourth-order valence-electron chi connectivity index (χ4n) is 2.56. The van der Waals surface area contributed by atoms with Gasteiger partial charge in [0.05, 0.1) is 11.3 Å². The second-order valence-electron chi connectivity index (χ2n) is 4.64. The number of anilines is 1. The molecule has 5 nitrogen and oxygen atoms in total. The number of hydrogen-bond acceptors (Lipinski definition) is 4. The molecule has 0 amide bonds. The number of nitrogens with one attached hydrogen (secondary N) is 1. The summed E-state index contributed by atoms with van der Waals surface area (Å²) in [6, 6.07) is 5.82. The van der Waals surface area contributed by atoms with E-state index >= 15 is 0 Å². The van der Waals surface area contributed by atoms with Crippen molar-refractivity contribution in [3.05, 3.63) is 40.8 Å². The van der Waals surface area contributed by atoms with Crippen LogP contribution in [0.15, 0.2) is 18.3 Å². The highest BCUT2D eigenvalue weighted by atomic mass is 15.2. The zero-order valence-electron chi connectivity index (χ0n) is 10.8. The molecule has 0 aliphatic carbocycles. The number of rotatable bonds is 2. The molecule has 0 radical (unpaired) electrons. The molecule has 1 aliphatic heterocycles. The molecule has 0 saturated heterocycles. The first-order valence-corrected chi connectivity index (χ1v) is 6.48. The number of fused-ring (bicyclic) bond motifs is 1. The van der Waals surface area contributed by atoms with Gasteiger partial charge in [-0.25, -0.2) is 4.98 Å². The highest BCUT2D eigenvalue weighted by Crippen LogP contribution is 2.26. The van der Waals surface area contributed by atoms with E-state index in [1.807, 2.05) is 6.07 Å². The van der Waals surface area contributed by atoms with E-state index < -0.39 is 0 Å². The van der Waals surface area contributed by atoms with Gasteiger partial charge in [0, 0.05) is 37.0 Å². The second-order valence-corrected chi connectivity index (χ2v) is 4.64. The summed E-state index contributed by atoms with van der Waals surface area (Å²) in [6.07, 6.45) is 3.58. The standard InChI is InChI=1S/C14H15N5/c1-2-12-11-9-19(7-5-13(11)18-17-12)14-10(8-15)4-3-6-16-14/h3-4,6H,2,5,7,9H2,1H3,(H,17,18). The fourth-order valence-corrected chi connectivity index (χ4v) is 2.56. The van der Waals surface area contributed by atoms with Gasteiger partial charge in [0.2, 0.25) is 0 Å². The molecule has 0 saturated carbocycles. The van der Waals surface area contributed by atoms with Crippen LogP contribution in [0, 0.1) is 11.3 Å². The van der Waals surface area contributed by atoms with Crippen molar-refractivity contribution in [2.75, 3.05) is 11.4 Å². The number of aromatic nitrogens is 3. The van der Waals surface area contributed by atoms with E-state index in [4.69, 9.17) is 5.26 Å². The molecule has 0 atom stereocenters. The van der Waals surface area contributed by atoms with Crippen LogP contribution in [0.25, 0.3) is 0 Å². The van der Waals surface area contributed by atoms with E-state index in [9.17, 15) is 0 Å². The first-order chi connectivity index (χ1) is 9.33. The van der Waals surface area contributed by atoms with Crippen molar-refractivity contribution in [3.8, 4) is 6.07 Å². The number of nitriles is 1. The summed E-state index contributed by atoms with van der Waals surface area (Å²) < 4.78 is 0. The van der Waals surface area contributed by atoms with Crippen LogP contribution in [-0.2, 0) is 19.4 Å². The summed E-state index contributed by atoms with van der Waals surface area (Å²) in [5.41, 5.74) is 4.24. The Morgan fingerprint density at radius 2 is 2.42 bits per heavy atom. The highest BCUT2D eigenvalue weighted by molar-refractivity contribution is 5.55. The number of aromatic amines is 1. The zero-order chi connectivity index (χ0) is 13.2. The van der Waals surface area contributed by atoms with Crippen molar-refractivity contribution in [1.29, 1.82) is 5.26 Å². The van der Waals surface area contributed by atoms with Crippen LogP contribution in [0.1, 0.15) is 29.4 Å². The van der Waals surface area contributed by atoms with Crippen LogP contribution in [-0.4, -0.2) is 21.7 Å². The minimum absolute atomic E-state index is 0.632. The number of pyridine rings is 1. The van der Waals surface area contributed by atoms with Gasteiger partial charge in [0.1, 0.15) is 11.9 Å². The van der Waals surface area contributed by atoms with Crippen molar-refractivity contribution >= 4 is 5.82 Å². The summed E-state index contributed by atoms with van der Waals surface area (Å²) >= 11 is 0. The predicted molar refractivity (Wildman–Crippen MR) is 71.7 cm³/mol. The summed E-state index contributed by atoms with van der Waals surface area (Å²) in [7, 11) is 0. The lowest BCUT2D eigenvalue weighted by atomic mass is 10.0. The van der Waals surface area contributed by atoms with Crippen LogP contribution in [0.3, 0.4) is 0 Å². The van der Waals surface area contributed by atoms with Gasteiger partial charge >= 0.3 is 0 Å². The van der Waals surface area contributed by atoms with E-state index in [1.165, 1.54) is 11.3 Å². The van der Waals surface area contributed by atoms with Gasteiger partial charge in [-0.2, -0.15) is 10.4 Å². The molecule has 0 unspecified atom stereocenters. The van der Waals surface area contributed by atoms with Crippen LogP contribution in [0.2, 0.25) is 0 Å².